The number of rotatable bonds is 4. The Bertz CT molecular complexity index is 894. The van der Waals surface area contributed by atoms with Gasteiger partial charge in [-0.05, 0) is 60.1 Å². The van der Waals surface area contributed by atoms with Crippen molar-refractivity contribution in [3.05, 3.63) is 52.5 Å². The van der Waals surface area contributed by atoms with Gasteiger partial charge in [0.05, 0.1) is 20.8 Å². The van der Waals surface area contributed by atoms with Gasteiger partial charge in [-0.1, -0.05) is 23.7 Å². The third kappa shape index (κ3) is 3.83. The fourth-order valence-electron chi connectivity index (χ4n) is 4.08. The molecular weight excluding hydrogens is 392 g/mol. The highest BCUT2D eigenvalue weighted by Crippen LogP contribution is 2.46. The number of ether oxygens (including phenoxy) is 2. The van der Waals surface area contributed by atoms with Crippen LogP contribution in [0.15, 0.2) is 41.4 Å². The average Bonchev–Trinajstić information content (AvgIpc) is 2.72. The molecule has 0 aliphatic carbocycles. The molecule has 6 heteroatoms. The van der Waals surface area contributed by atoms with Gasteiger partial charge >= 0.3 is 0 Å². The molecule has 4 nitrogen and oxygen atoms in total. The van der Waals surface area contributed by atoms with E-state index in [4.69, 9.17) is 26.1 Å². The maximum Gasteiger partial charge on any atom is 0.162 e. The van der Waals surface area contributed by atoms with E-state index in [9.17, 15) is 0 Å². The smallest absolute Gasteiger partial charge is 0.162 e. The minimum absolute atomic E-state index is 0.0659. The third-order valence-corrected chi connectivity index (χ3v) is 6.87. The number of fused-ring (bicyclic) bond motifs is 1. The lowest BCUT2D eigenvalue weighted by Crippen LogP contribution is -2.44. The summed E-state index contributed by atoms with van der Waals surface area (Å²) >= 11 is 8.18. The first-order valence-corrected chi connectivity index (χ1v) is 11.1. The molecule has 28 heavy (non-hydrogen) atoms. The van der Waals surface area contributed by atoms with Crippen molar-refractivity contribution in [1.29, 1.82) is 0 Å². The minimum atomic E-state index is 0.0659. The van der Waals surface area contributed by atoms with E-state index in [1.807, 2.05) is 36.0 Å². The zero-order valence-electron chi connectivity index (χ0n) is 16.3. The van der Waals surface area contributed by atoms with Crippen molar-refractivity contribution in [3.8, 4) is 11.5 Å². The van der Waals surface area contributed by atoms with E-state index in [-0.39, 0.29) is 5.41 Å². The second-order valence-corrected chi connectivity index (χ2v) is 9.01. The van der Waals surface area contributed by atoms with Crippen molar-refractivity contribution in [1.82, 2.24) is 0 Å². The van der Waals surface area contributed by atoms with E-state index in [1.54, 1.807) is 14.2 Å². The number of halogens is 1. The number of amidine groups is 1. The van der Waals surface area contributed by atoms with Crippen LogP contribution in [0.5, 0.6) is 11.5 Å². The fraction of sp³-hybridized carbons (Fsp3) is 0.409. The molecule has 0 unspecified atom stereocenters. The standard InChI is InChI=1S/C22H25ClN2O2S/c1-26-19-11-16-13-22(6-8-28-9-7-22)21(25-18(16)12-20(19)27-2)24-14-15-4-3-5-17(23)10-15/h3-5,10-12H,6-9,13-14H2,1-2H3,(H,24,25). The van der Waals surface area contributed by atoms with Crippen molar-refractivity contribution in [2.45, 2.75) is 25.8 Å². The predicted molar refractivity (Wildman–Crippen MR) is 118 cm³/mol. The van der Waals surface area contributed by atoms with Gasteiger partial charge in [0.2, 0.25) is 0 Å². The minimum Gasteiger partial charge on any atom is -0.493 e. The quantitative estimate of drug-likeness (QED) is 0.720. The van der Waals surface area contributed by atoms with E-state index in [1.165, 1.54) is 17.1 Å². The molecule has 0 bridgehead atoms. The Hall–Kier alpha value is -1.85. The first-order chi connectivity index (χ1) is 13.6. The van der Waals surface area contributed by atoms with Crippen LogP contribution < -0.4 is 14.8 Å². The lowest BCUT2D eigenvalue weighted by atomic mass is 9.72. The molecule has 1 saturated heterocycles. The SMILES string of the molecule is COc1cc2c(cc1OC)NC(=NCc1cccc(Cl)c1)C1(CCSCC1)C2. The van der Waals surface area contributed by atoms with Gasteiger partial charge in [0.1, 0.15) is 5.84 Å². The summed E-state index contributed by atoms with van der Waals surface area (Å²) in [4.78, 5) is 5.03. The molecule has 2 aliphatic heterocycles. The molecule has 1 N–H and O–H groups in total. The first kappa shape index (κ1) is 19.5. The second kappa shape index (κ2) is 8.26. The molecule has 0 atom stereocenters. The molecule has 1 spiro atoms. The van der Waals surface area contributed by atoms with Crippen molar-refractivity contribution < 1.29 is 9.47 Å². The molecule has 4 rings (SSSR count). The van der Waals surface area contributed by atoms with Gasteiger partial charge in [-0.25, -0.2) is 0 Å². The summed E-state index contributed by atoms with van der Waals surface area (Å²) in [5.41, 5.74) is 3.52. The summed E-state index contributed by atoms with van der Waals surface area (Å²) in [5, 5.41) is 4.39. The van der Waals surface area contributed by atoms with E-state index >= 15 is 0 Å². The average molecular weight is 417 g/mol. The van der Waals surface area contributed by atoms with Gasteiger partial charge in [0.25, 0.3) is 0 Å². The van der Waals surface area contributed by atoms with Crippen LogP contribution in [0.2, 0.25) is 5.02 Å². The van der Waals surface area contributed by atoms with Gasteiger partial charge in [-0.2, -0.15) is 11.8 Å². The van der Waals surface area contributed by atoms with Gasteiger partial charge < -0.3 is 14.8 Å². The van der Waals surface area contributed by atoms with Crippen LogP contribution in [0.1, 0.15) is 24.0 Å². The van der Waals surface area contributed by atoms with Gasteiger partial charge in [0.15, 0.2) is 11.5 Å². The summed E-state index contributed by atoms with van der Waals surface area (Å²) in [7, 11) is 3.35. The molecule has 148 valence electrons. The van der Waals surface area contributed by atoms with E-state index in [0.29, 0.717) is 6.54 Å². The maximum atomic E-state index is 6.14. The van der Waals surface area contributed by atoms with Crippen LogP contribution in [0.4, 0.5) is 5.69 Å². The second-order valence-electron chi connectivity index (χ2n) is 7.35. The van der Waals surface area contributed by atoms with Gasteiger partial charge in [0, 0.05) is 22.2 Å². The van der Waals surface area contributed by atoms with Crippen molar-refractivity contribution >= 4 is 34.9 Å². The molecule has 2 aromatic rings. The van der Waals surface area contributed by atoms with Crippen LogP contribution in [-0.2, 0) is 13.0 Å². The number of nitrogens with zero attached hydrogens (tertiary/aromatic N) is 1. The maximum absolute atomic E-state index is 6.14. The molecule has 0 aromatic heterocycles. The Morgan fingerprint density at radius 3 is 2.57 bits per heavy atom. The number of methoxy groups -OCH3 is 2. The lowest BCUT2D eigenvalue weighted by molar-refractivity contribution is 0.350. The molecule has 0 saturated carbocycles. The number of hydrogen-bond donors (Lipinski definition) is 1. The zero-order chi connectivity index (χ0) is 19.6. The van der Waals surface area contributed by atoms with Gasteiger partial charge in [-0.3, -0.25) is 4.99 Å². The summed E-state index contributed by atoms with van der Waals surface area (Å²) < 4.78 is 11.0. The van der Waals surface area contributed by atoms with Crippen LogP contribution in [0.3, 0.4) is 0 Å². The largest absolute Gasteiger partial charge is 0.493 e. The summed E-state index contributed by atoms with van der Waals surface area (Å²) in [5.74, 6) is 4.94. The topological polar surface area (TPSA) is 42.9 Å². The number of thioether (sulfide) groups is 1. The Morgan fingerprint density at radius 1 is 1.11 bits per heavy atom. The molecule has 0 radical (unpaired) electrons. The van der Waals surface area contributed by atoms with Gasteiger partial charge in [-0.15, -0.1) is 0 Å². The van der Waals surface area contributed by atoms with Crippen molar-refractivity contribution in [2.24, 2.45) is 10.4 Å². The molecular formula is C22H25ClN2O2S. The van der Waals surface area contributed by atoms with E-state index < -0.39 is 0 Å². The number of benzene rings is 2. The molecule has 1 fully saturated rings. The highest BCUT2D eigenvalue weighted by atomic mass is 35.5. The van der Waals surface area contributed by atoms with E-state index in [2.05, 4.69) is 17.4 Å². The Kier molecular flexibility index (Phi) is 5.74. The lowest BCUT2D eigenvalue weighted by Gasteiger charge is -2.42. The van der Waals surface area contributed by atoms with Crippen molar-refractivity contribution in [2.75, 3.05) is 31.0 Å². The van der Waals surface area contributed by atoms with Crippen LogP contribution >= 0.6 is 23.4 Å². The molecule has 2 aliphatic rings. The monoisotopic (exact) mass is 416 g/mol. The van der Waals surface area contributed by atoms with Crippen LogP contribution in [0, 0.1) is 5.41 Å². The molecule has 2 heterocycles. The number of aliphatic imine (C=N–C) groups is 1. The molecule has 0 amide bonds. The Labute approximate surface area is 175 Å². The normalized spacial score (nSPS) is 19.2. The number of anilines is 1. The summed E-state index contributed by atoms with van der Waals surface area (Å²) in [6, 6.07) is 12.1. The number of hydrogen-bond acceptors (Lipinski definition) is 4. The summed E-state index contributed by atoms with van der Waals surface area (Å²) in [6.45, 7) is 0.625. The molecule has 2 aromatic carbocycles. The van der Waals surface area contributed by atoms with Crippen LogP contribution in [0.25, 0.3) is 0 Å². The third-order valence-electron chi connectivity index (χ3n) is 5.65. The fourth-order valence-corrected chi connectivity index (χ4v) is 5.57. The summed E-state index contributed by atoms with van der Waals surface area (Å²) in [6.07, 6.45) is 3.24. The Morgan fingerprint density at radius 2 is 1.86 bits per heavy atom. The number of nitrogens with one attached hydrogen (secondary N) is 1. The first-order valence-electron chi connectivity index (χ1n) is 9.52. The highest BCUT2D eigenvalue weighted by Gasteiger charge is 2.41. The highest BCUT2D eigenvalue weighted by molar-refractivity contribution is 7.99. The zero-order valence-corrected chi connectivity index (χ0v) is 17.8. The van der Waals surface area contributed by atoms with Crippen molar-refractivity contribution in [3.63, 3.8) is 0 Å². The van der Waals surface area contributed by atoms with Crippen LogP contribution in [-0.4, -0.2) is 31.6 Å². The Balaban J connectivity index is 1.70. The predicted octanol–water partition coefficient (Wildman–Crippen LogP) is 5.44. The van der Waals surface area contributed by atoms with E-state index in [0.717, 1.165) is 52.9 Å².